The minimum absolute atomic E-state index is 0.246. The van der Waals surface area contributed by atoms with E-state index in [1.807, 2.05) is 6.92 Å². The largest absolute Gasteiger partial charge is 0.486 e. The van der Waals surface area contributed by atoms with Crippen LogP contribution < -0.4 is 9.47 Å². The van der Waals surface area contributed by atoms with Gasteiger partial charge in [-0.2, -0.15) is 0 Å². The minimum Gasteiger partial charge on any atom is -0.486 e. The molecule has 0 aliphatic carbocycles. The fourth-order valence-electron chi connectivity index (χ4n) is 1.87. The van der Waals surface area contributed by atoms with Crippen LogP contribution in [0.1, 0.15) is 19.8 Å². The van der Waals surface area contributed by atoms with E-state index in [1.54, 1.807) is 19.2 Å². The van der Waals surface area contributed by atoms with E-state index in [9.17, 15) is 8.42 Å². The number of hydrogen-bond donors (Lipinski definition) is 0. The summed E-state index contributed by atoms with van der Waals surface area (Å²) in [6.07, 6.45) is 1.81. The first kappa shape index (κ1) is 14.1. The van der Waals surface area contributed by atoms with Gasteiger partial charge in [-0.05, 0) is 18.6 Å². The Hall–Kier alpha value is -1.27. The highest BCUT2D eigenvalue weighted by Gasteiger charge is 2.23. The molecule has 1 aliphatic rings. The summed E-state index contributed by atoms with van der Waals surface area (Å²) in [5.41, 5.74) is 0. The van der Waals surface area contributed by atoms with Gasteiger partial charge in [0, 0.05) is 19.7 Å². The van der Waals surface area contributed by atoms with Crippen LogP contribution in [-0.2, 0) is 10.0 Å². The predicted molar refractivity (Wildman–Crippen MR) is 72.2 cm³/mol. The Bertz CT molecular complexity index is 542. The van der Waals surface area contributed by atoms with Crippen LogP contribution in [0.4, 0.5) is 0 Å². The number of benzene rings is 1. The number of sulfonamides is 1. The van der Waals surface area contributed by atoms with Crippen molar-refractivity contribution in [3.8, 4) is 11.5 Å². The van der Waals surface area contributed by atoms with E-state index in [2.05, 4.69) is 0 Å². The lowest BCUT2D eigenvalue weighted by molar-refractivity contribution is 0.171. The fraction of sp³-hybridized carbons (Fsp3) is 0.538. The SMILES string of the molecule is CCCCN(C)S(=O)(=O)c1ccc2c(c1)OCCO2. The molecule has 0 radical (unpaired) electrons. The standard InChI is InChI=1S/C13H19NO4S/c1-3-4-7-14(2)19(15,16)11-5-6-12-13(10-11)18-9-8-17-12/h5-6,10H,3-4,7-9H2,1-2H3. The molecule has 0 saturated heterocycles. The number of hydrogen-bond acceptors (Lipinski definition) is 4. The summed E-state index contributed by atoms with van der Waals surface area (Å²) in [5.74, 6) is 1.10. The van der Waals surface area contributed by atoms with Crippen molar-refractivity contribution >= 4 is 10.0 Å². The number of unbranched alkanes of at least 4 members (excludes halogenated alkanes) is 1. The van der Waals surface area contributed by atoms with E-state index >= 15 is 0 Å². The first-order valence-electron chi connectivity index (χ1n) is 6.41. The van der Waals surface area contributed by atoms with Gasteiger partial charge in [0.15, 0.2) is 11.5 Å². The lowest BCUT2D eigenvalue weighted by Crippen LogP contribution is -2.28. The molecule has 0 bridgehead atoms. The van der Waals surface area contributed by atoms with Crippen LogP contribution in [-0.4, -0.2) is 39.5 Å². The number of fused-ring (bicyclic) bond motifs is 1. The normalized spacial score (nSPS) is 14.7. The van der Waals surface area contributed by atoms with E-state index in [0.717, 1.165) is 12.8 Å². The molecule has 0 amide bonds. The highest BCUT2D eigenvalue weighted by Crippen LogP contribution is 2.32. The molecule has 0 atom stereocenters. The Balaban J connectivity index is 2.25. The van der Waals surface area contributed by atoms with Gasteiger partial charge >= 0.3 is 0 Å². The second kappa shape index (κ2) is 5.79. The average Bonchev–Trinajstić information content (AvgIpc) is 2.44. The molecule has 2 rings (SSSR count). The van der Waals surface area contributed by atoms with E-state index in [-0.39, 0.29) is 4.90 Å². The van der Waals surface area contributed by atoms with Crippen molar-refractivity contribution in [2.24, 2.45) is 0 Å². The molecular formula is C13H19NO4S. The minimum atomic E-state index is -3.45. The lowest BCUT2D eigenvalue weighted by atomic mass is 10.3. The smallest absolute Gasteiger partial charge is 0.242 e. The van der Waals surface area contributed by atoms with Gasteiger partial charge in [0.25, 0.3) is 0 Å². The van der Waals surface area contributed by atoms with Crippen molar-refractivity contribution in [3.63, 3.8) is 0 Å². The third kappa shape index (κ3) is 3.01. The quantitative estimate of drug-likeness (QED) is 0.829. The van der Waals surface area contributed by atoms with E-state index in [1.165, 1.54) is 10.4 Å². The summed E-state index contributed by atoms with van der Waals surface area (Å²) in [4.78, 5) is 0.246. The lowest BCUT2D eigenvalue weighted by Gasteiger charge is -2.21. The third-order valence-corrected chi connectivity index (χ3v) is 4.90. The summed E-state index contributed by atoms with van der Waals surface area (Å²) in [6, 6.07) is 4.74. The maximum atomic E-state index is 12.4. The first-order valence-corrected chi connectivity index (χ1v) is 7.85. The van der Waals surface area contributed by atoms with Crippen LogP contribution in [0.25, 0.3) is 0 Å². The van der Waals surface area contributed by atoms with Gasteiger partial charge in [0.05, 0.1) is 4.90 Å². The Labute approximate surface area is 114 Å². The summed E-state index contributed by atoms with van der Waals surface area (Å²) in [5, 5.41) is 0. The van der Waals surface area contributed by atoms with Crippen molar-refractivity contribution in [1.29, 1.82) is 0 Å². The average molecular weight is 285 g/mol. The topological polar surface area (TPSA) is 55.8 Å². The van der Waals surface area contributed by atoms with Crippen LogP contribution in [0.15, 0.2) is 23.1 Å². The molecule has 5 nitrogen and oxygen atoms in total. The molecule has 0 unspecified atom stereocenters. The molecule has 1 heterocycles. The van der Waals surface area contributed by atoms with E-state index in [4.69, 9.17) is 9.47 Å². The zero-order valence-electron chi connectivity index (χ0n) is 11.3. The number of nitrogens with zero attached hydrogens (tertiary/aromatic N) is 1. The maximum Gasteiger partial charge on any atom is 0.242 e. The molecule has 0 spiro atoms. The first-order chi connectivity index (χ1) is 9.05. The maximum absolute atomic E-state index is 12.4. The van der Waals surface area contributed by atoms with Gasteiger partial charge in [-0.1, -0.05) is 13.3 Å². The molecule has 0 saturated carbocycles. The monoisotopic (exact) mass is 285 g/mol. The molecule has 106 valence electrons. The van der Waals surface area contributed by atoms with Gasteiger partial charge in [-0.15, -0.1) is 0 Å². The molecule has 1 aromatic carbocycles. The zero-order valence-corrected chi connectivity index (χ0v) is 12.1. The zero-order chi connectivity index (χ0) is 13.9. The molecule has 1 aliphatic heterocycles. The van der Waals surface area contributed by atoms with Gasteiger partial charge in [-0.25, -0.2) is 12.7 Å². The highest BCUT2D eigenvalue weighted by atomic mass is 32.2. The van der Waals surface area contributed by atoms with E-state index < -0.39 is 10.0 Å². The van der Waals surface area contributed by atoms with Gasteiger partial charge < -0.3 is 9.47 Å². The van der Waals surface area contributed by atoms with Crippen molar-refractivity contribution in [1.82, 2.24) is 4.31 Å². The summed E-state index contributed by atoms with van der Waals surface area (Å²) >= 11 is 0. The predicted octanol–water partition coefficient (Wildman–Crippen LogP) is 1.88. The van der Waals surface area contributed by atoms with Crippen LogP contribution in [0.5, 0.6) is 11.5 Å². The van der Waals surface area contributed by atoms with Crippen LogP contribution >= 0.6 is 0 Å². The Morgan fingerprint density at radius 1 is 1.21 bits per heavy atom. The van der Waals surface area contributed by atoms with E-state index in [0.29, 0.717) is 31.3 Å². The molecule has 1 aromatic rings. The van der Waals surface area contributed by atoms with Crippen molar-refractivity contribution < 1.29 is 17.9 Å². The van der Waals surface area contributed by atoms with Gasteiger partial charge in [-0.3, -0.25) is 0 Å². The third-order valence-electron chi connectivity index (χ3n) is 3.05. The van der Waals surface area contributed by atoms with Crippen molar-refractivity contribution in [2.45, 2.75) is 24.7 Å². The summed E-state index contributed by atoms with van der Waals surface area (Å²) in [7, 11) is -1.85. The van der Waals surface area contributed by atoms with Crippen LogP contribution in [0.3, 0.4) is 0 Å². The molecule has 19 heavy (non-hydrogen) atoms. The molecule has 0 fully saturated rings. The van der Waals surface area contributed by atoms with Crippen molar-refractivity contribution in [2.75, 3.05) is 26.8 Å². The van der Waals surface area contributed by atoms with Crippen molar-refractivity contribution in [3.05, 3.63) is 18.2 Å². The Kier molecular flexibility index (Phi) is 4.31. The van der Waals surface area contributed by atoms with Crippen LogP contribution in [0, 0.1) is 0 Å². The highest BCUT2D eigenvalue weighted by molar-refractivity contribution is 7.89. The molecule has 0 aromatic heterocycles. The second-order valence-corrected chi connectivity index (χ2v) is 6.53. The Morgan fingerprint density at radius 2 is 1.89 bits per heavy atom. The summed E-state index contributed by atoms with van der Waals surface area (Å²) in [6.45, 7) is 3.50. The second-order valence-electron chi connectivity index (χ2n) is 4.49. The molecule has 0 N–H and O–H groups in total. The Morgan fingerprint density at radius 3 is 2.58 bits per heavy atom. The van der Waals surface area contributed by atoms with Crippen LogP contribution in [0.2, 0.25) is 0 Å². The molecular weight excluding hydrogens is 266 g/mol. The molecule has 6 heteroatoms. The van der Waals surface area contributed by atoms with Gasteiger partial charge in [0.1, 0.15) is 13.2 Å². The number of ether oxygens (including phenoxy) is 2. The fourth-order valence-corrected chi connectivity index (χ4v) is 3.09. The van der Waals surface area contributed by atoms with Gasteiger partial charge in [0.2, 0.25) is 10.0 Å². The summed E-state index contributed by atoms with van der Waals surface area (Å²) < 4.78 is 36.9. The number of rotatable bonds is 5.